The second-order valence-electron chi connectivity index (χ2n) is 8.79. The topological polar surface area (TPSA) is 9.23 Å². The van der Waals surface area contributed by atoms with Gasteiger partial charge in [-0.15, -0.1) is 11.3 Å². The molecular weight excluding hydrogens is 527 g/mol. The summed E-state index contributed by atoms with van der Waals surface area (Å²) in [5, 5.41) is 1.13. The first-order valence-electron chi connectivity index (χ1n) is 11.9. The maximum absolute atomic E-state index is 14.9. The van der Waals surface area contributed by atoms with Gasteiger partial charge in [0.05, 0.1) is 5.56 Å². The zero-order chi connectivity index (χ0) is 27.6. The van der Waals surface area contributed by atoms with Crippen molar-refractivity contribution in [3.8, 4) is 28.0 Å². The fourth-order valence-corrected chi connectivity index (χ4v) is 5.16. The van der Waals surface area contributed by atoms with Gasteiger partial charge in [-0.1, -0.05) is 61.2 Å². The molecule has 1 nitrogen and oxygen atoms in total. The quantitative estimate of drug-likeness (QED) is 0.145. The number of thiophene rings is 1. The van der Waals surface area contributed by atoms with Gasteiger partial charge in [0.1, 0.15) is 24.0 Å². The van der Waals surface area contributed by atoms with E-state index in [-0.39, 0.29) is 11.1 Å². The van der Waals surface area contributed by atoms with E-state index in [2.05, 4.69) is 12.6 Å². The number of hydrogen-bond acceptors (Lipinski definition) is 2. The molecule has 196 valence electrons. The molecule has 0 N–H and O–H groups in total. The zero-order valence-electron chi connectivity index (χ0n) is 20.4. The van der Waals surface area contributed by atoms with Crippen LogP contribution in [-0.2, 0) is 6.18 Å². The molecule has 5 aromatic rings. The SMILES string of the molecule is C=CCOc1ccc2cc(/C=C/c3ccc(-c4ccc(-c5ccc(C(F)(F)F)c(F)c5)c(F)c4)cc3)sc2c1. The van der Waals surface area contributed by atoms with Crippen molar-refractivity contribution in [3.63, 3.8) is 0 Å². The van der Waals surface area contributed by atoms with Crippen LogP contribution in [0.15, 0.2) is 97.6 Å². The Kier molecular flexibility index (Phi) is 7.35. The van der Waals surface area contributed by atoms with Gasteiger partial charge in [-0.25, -0.2) is 8.78 Å². The van der Waals surface area contributed by atoms with E-state index in [9.17, 15) is 22.0 Å². The first-order valence-corrected chi connectivity index (χ1v) is 12.8. The molecule has 0 aliphatic carbocycles. The van der Waals surface area contributed by atoms with E-state index in [0.29, 0.717) is 24.3 Å². The predicted molar refractivity (Wildman–Crippen MR) is 149 cm³/mol. The average molecular weight is 549 g/mol. The van der Waals surface area contributed by atoms with Crippen LogP contribution in [0, 0.1) is 11.6 Å². The van der Waals surface area contributed by atoms with Gasteiger partial charge in [0.15, 0.2) is 0 Å². The van der Waals surface area contributed by atoms with E-state index < -0.39 is 23.4 Å². The zero-order valence-corrected chi connectivity index (χ0v) is 21.3. The van der Waals surface area contributed by atoms with Crippen molar-refractivity contribution in [1.82, 2.24) is 0 Å². The van der Waals surface area contributed by atoms with Gasteiger partial charge in [0.25, 0.3) is 0 Å². The molecule has 5 rings (SSSR count). The van der Waals surface area contributed by atoms with Crippen molar-refractivity contribution in [3.05, 3.63) is 125 Å². The highest BCUT2D eigenvalue weighted by molar-refractivity contribution is 7.19. The molecule has 39 heavy (non-hydrogen) atoms. The third kappa shape index (κ3) is 5.94. The molecule has 0 fully saturated rings. The summed E-state index contributed by atoms with van der Waals surface area (Å²) in [6, 6.07) is 22.4. The summed E-state index contributed by atoms with van der Waals surface area (Å²) in [5.74, 6) is -1.30. The summed E-state index contributed by atoms with van der Waals surface area (Å²) in [7, 11) is 0. The molecule has 0 bridgehead atoms. The largest absolute Gasteiger partial charge is 0.490 e. The minimum atomic E-state index is -4.81. The Bertz CT molecular complexity index is 1680. The average Bonchev–Trinajstić information content (AvgIpc) is 3.32. The third-order valence-electron chi connectivity index (χ3n) is 6.12. The minimum Gasteiger partial charge on any atom is -0.490 e. The molecule has 1 aromatic heterocycles. The van der Waals surface area contributed by atoms with Crippen LogP contribution in [0.1, 0.15) is 16.0 Å². The van der Waals surface area contributed by atoms with E-state index in [1.807, 2.05) is 54.6 Å². The van der Waals surface area contributed by atoms with Crippen LogP contribution in [0.25, 0.3) is 44.5 Å². The molecule has 1 heterocycles. The second kappa shape index (κ2) is 10.9. The van der Waals surface area contributed by atoms with E-state index in [1.54, 1.807) is 23.5 Å². The monoisotopic (exact) mass is 548 g/mol. The normalized spacial score (nSPS) is 11.8. The van der Waals surface area contributed by atoms with Crippen molar-refractivity contribution in [2.75, 3.05) is 6.61 Å². The van der Waals surface area contributed by atoms with Gasteiger partial charge >= 0.3 is 6.18 Å². The highest BCUT2D eigenvalue weighted by Gasteiger charge is 2.34. The van der Waals surface area contributed by atoms with E-state index in [1.165, 1.54) is 12.1 Å². The summed E-state index contributed by atoms with van der Waals surface area (Å²) in [6.07, 6.45) is 0.915. The Hall–Kier alpha value is -4.23. The summed E-state index contributed by atoms with van der Waals surface area (Å²) in [5.41, 5.74) is 1.000. The summed E-state index contributed by atoms with van der Waals surface area (Å²) in [6.45, 7) is 4.11. The van der Waals surface area contributed by atoms with E-state index in [0.717, 1.165) is 37.9 Å². The van der Waals surface area contributed by atoms with E-state index in [4.69, 9.17) is 4.74 Å². The lowest BCUT2D eigenvalue weighted by Gasteiger charge is -2.11. The van der Waals surface area contributed by atoms with Crippen molar-refractivity contribution in [2.45, 2.75) is 6.18 Å². The summed E-state index contributed by atoms with van der Waals surface area (Å²) in [4.78, 5) is 1.09. The number of hydrogen-bond donors (Lipinski definition) is 0. The molecular formula is C32H21F5OS. The Labute approximate surface area is 226 Å². The van der Waals surface area contributed by atoms with Gasteiger partial charge in [-0.05, 0) is 76.2 Å². The first kappa shape index (κ1) is 26.4. The number of ether oxygens (including phenoxy) is 1. The van der Waals surface area contributed by atoms with Gasteiger partial charge in [-0.3, -0.25) is 0 Å². The lowest BCUT2D eigenvalue weighted by atomic mass is 9.98. The Morgan fingerprint density at radius 2 is 1.46 bits per heavy atom. The van der Waals surface area contributed by atoms with Gasteiger partial charge in [0, 0.05) is 15.1 Å². The fraction of sp³-hybridized carbons (Fsp3) is 0.0625. The van der Waals surface area contributed by atoms with Crippen LogP contribution < -0.4 is 4.74 Å². The number of fused-ring (bicyclic) bond motifs is 1. The predicted octanol–water partition coefficient (Wildman–Crippen LogP) is 10.3. The van der Waals surface area contributed by atoms with Crippen LogP contribution in [-0.4, -0.2) is 6.61 Å². The molecule has 0 amide bonds. The Morgan fingerprint density at radius 3 is 2.15 bits per heavy atom. The molecule has 0 saturated heterocycles. The number of benzene rings is 4. The number of rotatable bonds is 7. The molecule has 0 spiro atoms. The van der Waals surface area contributed by atoms with Crippen molar-refractivity contribution < 1.29 is 26.7 Å². The smallest absolute Gasteiger partial charge is 0.419 e. The Morgan fingerprint density at radius 1 is 0.744 bits per heavy atom. The van der Waals surface area contributed by atoms with Crippen LogP contribution in [0.3, 0.4) is 0 Å². The molecule has 0 saturated carbocycles. The van der Waals surface area contributed by atoms with Crippen LogP contribution in [0.5, 0.6) is 5.75 Å². The molecule has 4 aromatic carbocycles. The molecule has 0 aliphatic rings. The van der Waals surface area contributed by atoms with Crippen LogP contribution in [0.4, 0.5) is 22.0 Å². The highest BCUT2D eigenvalue weighted by atomic mass is 32.1. The van der Waals surface area contributed by atoms with Crippen LogP contribution in [0.2, 0.25) is 0 Å². The van der Waals surface area contributed by atoms with Gasteiger partial charge in [-0.2, -0.15) is 13.2 Å². The lowest BCUT2D eigenvalue weighted by molar-refractivity contribution is -0.139. The standard InChI is InChI=1S/C32H21F5OS/c1-2-15-38-25-11-8-24-16-26(39-31(24)19-25)12-5-20-3-6-21(7-4-20)22-9-13-27(29(33)17-22)23-10-14-28(30(34)18-23)32(35,36)37/h2-14,16-19H,1,15H2/b12-5+. The maximum atomic E-state index is 14.9. The third-order valence-corrected chi connectivity index (χ3v) is 7.18. The van der Waals surface area contributed by atoms with Crippen molar-refractivity contribution in [2.24, 2.45) is 0 Å². The number of alkyl halides is 3. The molecule has 0 atom stereocenters. The molecule has 0 radical (unpaired) electrons. The van der Waals surface area contributed by atoms with Gasteiger partial charge < -0.3 is 4.74 Å². The highest BCUT2D eigenvalue weighted by Crippen LogP contribution is 2.35. The first-order chi connectivity index (χ1) is 18.7. The van der Waals surface area contributed by atoms with Crippen molar-refractivity contribution in [1.29, 1.82) is 0 Å². The maximum Gasteiger partial charge on any atom is 0.419 e. The molecule has 0 aliphatic heterocycles. The molecule has 7 heteroatoms. The Balaban J connectivity index is 1.31. The summed E-state index contributed by atoms with van der Waals surface area (Å²) < 4.78 is 74.1. The number of halogens is 5. The fourth-order valence-electron chi connectivity index (χ4n) is 4.17. The minimum absolute atomic E-state index is 0.0219. The van der Waals surface area contributed by atoms with Gasteiger partial charge in [0.2, 0.25) is 0 Å². The molecule has 0 unspecified atom stereocenters. The van der Waals surface area contributed by atoms with Crippen LogP contribution >= 0.6 is 11.3 Å². The lowest BCUT2D eigenvalue weighted by Crippen LogP contribution is -2.07. The van der Waals surface area contributed by atoms with Crippen molar-refractivity contribution >= 4 is 33.6 Å². The van der Waals surface area contributed by atoms with E-state index >= 15 is 0 Å². The summed E-state index contributed by atoms with van der Waals surface area (Å²) >= 11 is 1.65. The second-order valence-corrected chi connectivity index (χ2v) is 9.91.